The number of rotatable bonds is 2. The first-order valence-corrected chi connectivity index (χ1v) is 7.06. The zero-order chi connectivity index (χ0) is 15.7. The van der Waals surface area contributed by atoms with Crippen molar-refractivity contribution in [1.29, 1.82) is 0 Å². The summed E-state index contributed by atoms with van der Waals surface area (Å²) in [6.07, 6.45) is 0. The Bertz CT molecular complexity index is 789. The average Bonchev–Trinajstić information content (AvgIpc) is 2.56. The minimum absolute atomic E-state index is 0.190. The van der Waals surface area contributed by atoms with Gasteiger partial charge in [-0.2, -0.15) is 0 Å². The van der Waals surface area contributed by atoms with Crippen LogP contribution in [0.5, 0.6) is 5.75 Å². The van der Waals surface area contributed by atoms with E-state index >= 15 is 0 Å². The molecule has 3 nitrogen and oxygen atoms in total. The maximum Gasteiger partial charge on any atom is 0.213 e. The summed E-state index contributed by atoms with van der Waals surface area (Å²) in [5.74, 6) is -1.49. The molecule has 0 radical (unpaired) electrons. The van der Waals surface area contributed by atoms with Crippen molar-refractivity contribution < 1.29 is 9.90 Å². The van der Waals surface area contributed by atoms with Crippen LogP contribution in [-0.2, 0) is 0 Å². The SMILES string of the molecule is O=C(c1ccccc1)c1c(O)c(Cl)c(Cl)c(Cl)c(Cl)c1=O. The summed E-state index contributed by atoms with van der Waals surface area (Å²) in [5, 5.41) is 8.53. The van der Waals surface area contributed by atoms with E-state index in [9.17, 15) is 14.7 Å². The summed E-state index contributed by atoms with van der Waals surface area (Å²) in [5.41, 5.74) is -1.33. The highest BCUT2D eigenvalue weighted by Gasteiger charge is 2.24. The number of benzene rings is 1. The Morgan fingerprint density at radius 3 is 1.95 bits per heavy atom. The molecule has 0 amide bonds. The van der Waals surface area contributed by atoms with Crippen LogP contribution in [0.2, 0.25) is 20.1 Å². The number of aromatic hydroxyl groups is 1. The van der Waals surface area contributed by atoms with E-state index in [4.69, 9.17) is 46.4 Å². The summed E-state index contributed by atoms with van der Waals surface area (Å²) in [4.78, 5) is 24.6. The topological polar surface area (TPSA) is 54.4 Å². The fourth-order valence-corrected chi connectivity index (χ4v) is 2.51. The van der Waals surface area contributed by atoms with E-state index < -0.39 is 32.6 Å². The molecule has 0 unspecified atom stereocenters. The van der Waals surface area contributed by atoms with Crippen LogP contribution in [0.25, 0.3) is 0 Å². The monoisotopic (exact) mass is 362 g/mol. The lowest BCUT2D eigenvalue weighted by Gasteiger charge is -2.01. The van der Waals surface area contributed by atoms with Crippen molar-refractivity contribution in [3.8, 4) is 5.75 Å². The van der Waals surface area contributed by atoms with Gasteiger partial charge < -0.3 is 5.11 Å². The number of hydrogen-bond donors (Lipinski definition) is 1. The van der Waals surface area contributed by atoms with Crippen molar-refractivity contribution in [3.63, 3.8) is 0 Å². The largest absolute Gasteiger partial charge is 0.505 e. The van der Waals surface area contributed by atoms with Gasteiger partial charge in [0.2, 0.25) is 11.2 Å². The Kier molecular flexibility index (Phi) is 4.79. The molecule has 0 saturated carbocycles. The molecule has 0 spiro atoms. The first-order valence-electron chi connectivity index (χ1n) is 5.55. The maximum absolute atomic E-state index is 12.4. The molecule has 0 aliphatic heterocycles. The van der Waals surface area contributed by atoms with Crippen LogP contribution >= 0.6 is 46.4 Å². The van der Waals surface area contributed by atoms with Gasteiger partial charge in [-0.3, -0.25) is 9.59 Å². The van der Waals surface area contributed by atoms with Gasteiger partial charge in [-0.15, -0.1) is 0 Å². The minimum Gasteiger partial charge on any atom is -0.505 e. The predicted molar refractivity (Wildman–Crippen MR) is 84.3 cm³/mol. The van der Waals surface area contributed by atoms with E-state index in [-0.39, 0.29) is 15.6 Å². The van der Waals surface area contributed by atoms with Crippen molar-refractivity contribution >= 4 is 52.2 Å². The Hall–Kier alpha value is -1.26. The Labute approximate surface area is 139 Å². The highest BCUT2D eigenvalue weighted by Crippen LogP contribution is 2.39. The van der Waals surface area contributed by atoms with Gasteiger partial charge in [0.15, 0.2) is 5.75 Å². The molecule has 0 heterocycles. The number of ketones is 1. The number of carbonyl (C=O) groups excluding carboxylic acids is 1. The van der Waals surface area contributed by atoms with Gasteiger partial charge in [-0.25, -0.2) is 0 Å². The van der Waals surface area contributed by atoms with E-state index in [1.54, 1.807) is 18.2 Å². The first kappa shape index (κ1) is 16.1. The quantitative estimate of drug-likeness (QED) is 0.793. The summed E-state index contributed by atoms with van der Waals surface area (Å²) in [7, 11) is 0. The summed E-state index contributed by atoms with van der Waals surface area (Å²) >= 11 is 23.2. The van der Waals surface area contributed by atoms with Gasteiger partial charge in [0.25, 0.3) is 0 Å². The molecule has 21 heavy (non-hydrogen) atoms. The van der Waals surface area contributed by atoms with Crippen LogP contribution in [0.15, 0.2) is 35.1 Å². The van der Waals surface area contributed by atoms with Crippen LogP contribution in [-0.4, -0.2) is 10.9 Å². The second kappa shape index (κ2) is 6.24. The van der Waals surface area contributed by atoms with E-state index in [1.807, 2.05) is 0 Å². The third-order valence-corrected chi connectivity index (χ3v) is 4.49. The third-order valence-electron chi connectivity index (χ3n) is 2.71. The molecule has 1 N–H and O–H groups in total. The molecular weight excluding hydrogens is 358 g/mol. The normalized spacial score (nSPS) is 10.5. The average molecular weight is 364 g/mol. The van der Waals surface area contributed by atoms with Gasteiger partial charge in [-0.1, -0.05) is 76.7 Å². The predicted octanol–water partition coefficient (Wildman–Crippen LogP) is 4.60. The second-order valence-electron chi connectivity index (χ2n) is 4.00. The molecule has 0 aromatic heterocycles. The number of halogens is 4. The molecule has 0 fully saturated rings. The van der Waals surface area contributed by atoms with Gasteiger partial charge in [-0.05, 0) is 0 Å². The van der Waals surface area contributed by atoms with E-state index in [1.165, 1.54) is 12.1 Å². The lowest BCUT2D eigenvalue weighted by atomic mass is 10.0. The van der Waals surface area contributed by atoms with Crippen LogP contribution in [0, 0.1) is 0 Å². The van der Waals surface area contributed by atoms with E-state index in [0.717, 1.165) is 0 Å². The third kappa shape index (κ3) is 2.87. The van der Waals surface area contributed by atoms with Gasteiger partial charge in [0, 0.05) is 5.56 Å². The van der Waals surface area contributed by atoms with Crippen molar-refractivity contribution in [1.82, 2.24) is 0 Å². The lowest BCUT2D eigenvalue weighted by Crippen LogP contribution is -2.14. The highest BCUT2D eigenvalue weighted by atomic mass is 35.5. The molecular formula is C14H6Cl4O3. The van der Waals surface area contributed by atoms with Crippen LogP contribution in [0.4, 0.5) is 0 Å². The van der Waals surface area contributed by atoms with Crippen LogP contribution in [0.3, 0.4) is 0 Å². The van der Waals surface area contributed by atoms with Crippen molar-refractivity contribution in [2.24, 2.45) is 0 Å². The summed E-state index contributed by atoms with van der Waals surface area (Å²) < 4.78 is 0. The van der Waals surface area contributed by atoms with Gasteiger partial charge in [0.05, 0.1) is 10.0 Å². The van der Waals surface area contributed by atoms with Gasteiger partial charge in [0.1, 0.15) is 15.6 Å². The lowest BCUT2D eigenvalue weighted by molar-refractivity contribution is 0.103. The van der Waals surface area contributed by atoms with Gasteiger partial charge >= 0.3 is 0 Å². The zero-order valence-electron chi connectivity index (χ0n) is 10.2. The van der Waals surface area contributed by atoms with Crippen molar-refractivity contribution in [2.45, 2.75) is 0 Å². The number of carbonyl (C=O) groups is 1. The van der Waals surface area contributed by atoms with Crippen molar-refractivity contribution in [2.75, 3.05) is 0 Å². The Balaban J connectivity index is 2.86. The smallest absolute Gasteiger partial charge is 0.213 e. The molecule has 0 saturated heterocycles. The van der Waals surface area contributed by atoms with E-state index in [0.29, 0.717) is 0 Å². The fourth-order valence-electron chi connectivity index (χ4n) is 1.67. The highest BCUT2D eigenvalue weighted by molar-refractivity contribution is 6.52. The molecule has 7 heteroatoms. The Morgan fingerprint density at radius 1 is 0.857 bits per heavy atom. The molecule has 2 aromatic rings. The standard InChI is InChI=1S/C14H6Cl4O3/c15-8-9(16)11(18)14(21)7(13(20)10(8)17)12(19)6-4-2-1-3-5-6/h1-5,20H. The van der Waals surface area contributed by atoms with Crippen molar-refractivity contribution in [3.05, 3.63) is 71.8 Å². The van der Waals surface area contributed by atoms with Crippen LogP contribution < -0.4 is 5.43 Å². The molecule has 0 atom stereocenters. The summed E-state index contributed by atoms with van der Waals surface area (Å²) in [6.45, 7) is 0. The second-order valence-corrected chi connectivity index (χ2v) is 5.52. The molecule has 0 aliphatic rings. The van der Waals surface area contributed by atoms with E-state index in [2.05, 4.69) is 0 Å². The maximum atomic E-state index is 12.4. The molecule has 0 bridgehead atoms. The summed E-state index contributed by atoms with van der Waals surface area (Å²) in [6, 6.07) is 7.90. The number of hydrogen-bond acceptors (Lipinski definition) is 3. The molecule has 0 aliphatic carbocycles. The molecule has 108 valence electrons. The molecule has 2 rings (SSSR count). The minimum atomic E-state index is -0.943. The molecule has 2 aromatic carbocycles. The van der Waals surface area contributed by atoms with Crippen LogP contribution in [0.1, 0.15) is 15.9 Å². The Morgan fingerprint density at radius 2 is 1.38 bits per heavy atom. The zero-order valence-corrected chi connectivity index (χ0v) is 13.2. The first-order chi connectivity index (χ1) is 9.86. The fraction of sp³-hybridized carbons (Fsp3) is 0.